The average Bonchev–Trinajstić information content (AvgIpc) is 2.73. The number of oxime groups is 1. The molecule has 154 valence electrons. The molecule has 0 radical (unpaired) electrons. The van der Waals surface area contributed by atoms with Crippen LogP contribution in [0.25, 0.3) is 0 Å². The Morgan fingerprint density at radius 1 is 1.10 bits per heavy atom. The van der Waals surface area contributed by atoms with Crippen LogP contribution in [0.3, 0.4) is 0 Å². The Hall–Kier alpha value is -2.90. The van der Waals surface area contributed by atoms with Gasteiger partial charge in [0.05, 0.1) is 10.7 Å². The molecule has 1 N–H and O–H groups in total. The third-order valence-corrected chi connectivity index (χ3v) is 4.74. The molecule has 1 amide bonds. The van der Waals surface area contributed by atoms with Gasteiger partial charge in [0.1, 0.15) is 18.2 Å². The summed E-state index contributed by atoms with van der Waals surface area (Å²) in [5.74, 6) is 0.0215. The molecule has 0 aliphatic carbocycles. The Morgan fingerprint density at radius 2 is 1.83 bits per heavy atom. The predicted octanol–water partition coefficient (Wildman–Crippen LogP) is 5.81. The first kappa shape index (κ1) is 21.8. The number of hydrogen-bond acceptors (Lipinski definition) is 4. The summed E-state index contributed by atoms with van der Waals surface area (Å²) in [6.07, 6.45) is 1.49. The molecule has 0 spiro atoms. The molecule has 0 unspecified atom stereocenters. The minimum Gasteiger partial charge on any atom is -0.488 e. The lowest BCUT2D eigenvalue weighted by atomic mass is 10.2. The zero-order chi connectivity index (χ0) is 21.3. The SMILES string of the molecule is O=C(CO/N=C/c1ccc(OCc2ccc(F)cc2)c(Br)c1)Nc1ccc(Cl)cc1. The molecule has 0 aliphatic rings. The van der Waals surface area contributed by atoms with E-state index in [4.69, 9.17) is 21.2 Å². The lowest BCUT2D eigenvalue weighted by Crippen LogP contribution is -2.16. The summed E-state index contributed by atoms with van der Waals surface area (Å²) in [5, 5.41) is 7.07. The Bertz CT molecular complexity index is 1030. The van der Waals surface area contributed by atoms with Gasteiger partial charge in [0.2, 0.25) is 0 Å². The van der Waals surface area contributed by atoms with E-state index >= 15 is 0 Å². The molecule has 3 rings (SSSR count). The lowest BCUT2D eigenvalue weighted by Gasteiger charge is -2.09. The van der Waals surface area contributed by atoms with E-state index in [0.29, 0.717) is 23.1 Å². The standard InChI is InChI=1S/C22H17BrClFN2O3/c23-20-11-16(3-10-21(20)29-13-15-1-6-18(25)7-2-15)12-26-30-14-22(28)27-19-8-4-17(24)5-9-19/h1-12H,13-14H2,(H,27,28)/b26-12+. The van der Waals surface area contributed by atoms with E-state index in [1.807, 2.05) is 0 Å². The summed E-state index contributed by atoms with van der Waals surface area (Å²) in [5.41, 5.74) is 2.24. The van der Waals surface area contributed by atoms with Crippen molar-refractivity contribution in [2.24, 2.45) is 5.16 Å². The van der Waals surface area contributed by atoms with Gasteiger partial charge in [0.25, 0.3) is 5.91 Å². The van der Waals surface area contributed by atoms with E-state index in [2.05, 4.69) is 26.4 Å². The second-order valence-electron chi connectivity index (χ2n) is 6.17. The van der Waals surface area contributed by atoms with Crippen LogP contribution in [0.5, 0.6) is 5.75 Å². The third-order valence-electron chi connectivity index (χ3n) is 3.86. The molecule has 8 heteroatoms. The van der Waals surface area contributed by atoms with Crippen molar-refractivity contribution >= 4 is 45.3 Å². The Labute approximate surface area is 186 Å². The highest BCUT2D eigenvalue weighted by Gasteiger charge is 2.04. The number of carbonyl (C=O) groups is 1. The topological polar surface area (TPSA) is 59.9 Å². The first-order chi connectivity index (χ1) is 14.5. The number of carbonyl (C=O) groups excluding carboxylic acids is 1. The van der Waals surface area contributed by atoms with Crippen molar-refractivity contribution < 1.29 is 18.8 Å². The smallest absolute Gasteiger partial charge is 0.265 e. The molecule has 0 aliphatic heterocycles. The maximum atomic E-state index is 12.9. The minimum atomic E-state index is -0.333. The third kappa shape index (κ3) is 6.86. The van der Waals surface area contributed by atoms with Crippen LogP contribution < -0.4 is 10.1 Å². The molecular weight excluding hydrogens is 475 g/mol. The molecule has 0 bridgehead atoms. The van der Waals surface area contributed by atoms with Crippen molar-refractivity contribution in [2.75, 3.05) is 11.9 Å². The number of hydrogen-bond donors (Lipinski definition) is 1. The Kier molecular flexibility index (Phi) is 7.82. The quantitative estimate of drug-likeness (QED) is 0.319. The average molecular weight is 492 g/mol. The largest absolute Gasteiger partial charge is 0.488 e. The number of benzene rings is 3. The van der Waals surface area contributed by atoms with Gasteiger partial charge in [-0.05, 0) is 81.7 Å². The summed E-state index contributed by atoms with van der Waals surface area (Å²) in [6.45, 7) is 0.0946. The second-order valence-corrected chi connectivity index (χ2v) is 7.46. The van der Waals surface area contributed by atoms with Gasteiger partial charge in [0, 0.05) is 10.7 Å². The molecule has 30 heavy (non-hydrogen) atoms. The molecule has 3 aromatic carbocycles. The van der Waals surface area contributed by atoms with Crippen molar-refractivity contribution in [2.45, 2.75) is 6.61 Å². The number of halogens is 3. The van der Waals surface area contributed by atoms with E-state index < -0.39 is 0 Å². The van der Waals surface area contributed by atoms with Crippen LogP contribution in [0.1, 0.15) is 11.1 Å². The van der Waals surface area contributed by atoms with E-state index in [1.54, 1.807) is 54.6 Å². The van der Waals surface area contributed by atoms with Gasteiger partial charge in [0.15, 0.2) is 6.61 Å². The fraction of sp³-hybridized carbons (Fsp3) is 0.0909. The van der Waals surface area contributed by atoms with Crippen molar-refractivity contribution in [1.82, 2.24) is 0 Å². The fourth-order valence-corrected chi connectivity index (χ4v) is 3.02. The van der Waals surface area contributed by atoms with E-state index in [0.717, 1.165) is 15.6 Å². The number of rotatable bonds is 8. The van der Waals surface area contributed by atoms with Gasteiger partial charge >= 0.3 is 0 Å². The highest BCUT2D eigenvalue weighted by molar-refractivity contribution is 9.10. The first-order valence-electron chi connectivity index (χ1n) is 8.87. The van der Waals surface area contributed by atoms with Crippen LogP contribution in [0, 0.1) is 5.82 Å². The maximum Gasteiger partial charge on any atom is 0.265 e. The van der Waals surface area contributed by atoms with Crippen LogP contribution in [0.4, 0.5) is 10.1 Å². The van der Waals surface area contributed by atoms with Crippen molar-refractivity contribution in [3.05, 3.63) is 93.2 Å². The van der Waals surface area contributed by atoms with Crippen molar-refractivity contribution in [3.63, 3.8) is 0 Å². The fourth-order valence-electron chi connectivity index (χ4n) is 2.38. The van der Waals surface area contributed by atoms with Crippen molar-refractivity contribution in [1.29, 1.82) is 0 Å². The summed E-state index contributed by atoms with van der Waals surface area (Å²) in [7, 11) is 0. The van der Waals surface area contributed by atoms with Crippen LogP contribution in [0.2, 0.25) is 5.02 Å². The van der Waals surface area contributed by atoms with Crippen LogP contribution >= 0.6 is 27.5 Å². The number of anilines is 1. The summed E-state index contributed by atoms with van der Waals surface area (Å²) in [6, 6.07) is 18.3. The molecule has 0 fully saturated rings. The predicted molar refractivity (Wildman–Crippen MR) is 119 cm³/mol. The number of amides is 1. The van der Waals surface area contributed by atoms with E-state index in [-0.39, 0.29) is 18.3 Å². The highest BCUT2D eigenvalue weighted by Crippen LogP contribution is 2.26. The summed E-state index contributed by atoms with van der Waals surface area (Å²) < 4.78 is 19.4. The molecular formula is C22H17BrClFN2O3. The Balaban J connectivity index is 1.46. The van der Waals surface area contributed by atoms with Gasteiger partial charge in [-0.1, -0.05) is 28.9 Å². The van der Waals surface area contributed by atoms with E-state index in [1.165, 1.54) is 18.3 Å². The monoisotopic (exact) mass is 490 g/mol. The molecule has 0 saturated carbocycles. The number of nitrogens with zero attached hydrogens (tertiary/aromatic N) is 1. The maximum absolute atomic E-state index is 12.9. The van der Waals surface area contributed by atoms with Gasteiger partial charge < -0.3 is 14.9 Å². The van der Waals surface area contributed by atoms with Crippen LogP contribution in [0.15, 0.2) is 76.4 Å². The van der Waals surface area contributed by atoms with Gasteiger partial charge in [-0.2, -0.15) is 0 Å². The summed E-state index contributed by atoms with van der Waals surface area (Å²) >= 11 is 9.25. The normalized spacial score (nSPS) is 10.8. The zero-order valence-electron chi connectivity index (χ0n) is 15.6. The molecule has 0 saturated heterocycles. The minimum absolute atomic E-state index is 0.223. The van der Waals surface area contributed by atoms with Gasteiger partial charge in [-0.15, -0.1) is 0 Å². The first-order valence-corrected chi connectivity index (χ1v) is 10.0. The molecule has 3 aromatic rings. The van der Waals surface area contributed by atoms with Crippen molar-refractivity contribution in [3.8, 4) is 5.75 Å². The van der Waals surface area contributed by atoms with Gasteiger partial charge in [-0.25, -0.2) is 4.39 Å². The lowest BCUT2D eigenvalue weighted by molar-refractivity contribution is -0.120. The van der Waals surface area contributed by atoms with Crippen LogP contribution in [-0.4, -0.2) is 18.7 Å². The number of nitrogens with one attached hydrogen (secondary N) is 1. The molecule has 0 atom stereocenters. The Morgan fingerprint density at radius 3 is 2.53 bits per heavy atom. The number of ether oxygens (including phenoxy) is 1. The zero-order valence-corrected chi connectivity index (χ0v) is 18.0. The van der Waals surface area contributed by atoms with E-state index in [9.17, 15) is 9.18 Å². The summed E-state index contributed by atoms with van der Waals surface area (Å²) in [4.78, 5) is 16.9. The molecule has 0 aromatic heterocycles. The molecule has 5 nitrogen and oxygen atoms in total. The molecule has 0 heterocycles. The van der Waals surface area contributed by atoms with Gasteiger partial charge in [-0.3, -0.25) is 4.79 Å². The highest BCUT2D eigenvalue weighted by atomic mass is 79.9. The second kappa shape index (κ2) is 10.8. The van der Waals surface area contributed by atoms with Crippen LogP contribution in [-0.2, 0) is 16.2 Å².